The SMILES string of the molecule is CSCCC(C)N(C)CC1(CNC(C)(C)C)CCCCC1. The third kappa shape index (κ3) is 7.38. The summed E-state index contributed by atoms with van der Waals surface area (Å²) in [6, 6.07) is 0.700. The topological polar surface area (TPSA) is 15.3 Å². The Labute approximate surface area is 137 Å². The van der Waals surface area contributed by atoms with Gasteiger partial charge in [-0.2, -0.15) is 11.8 Å². The van der Waals surface area contributed by atoms with Crippen LogP contribution in [0.1, 0.15) is 66.2 Å². The Hall–Kier alpha value is 0.270. The van der Waals surface area contributed by atoms with Gasteiger partial charge in [0.25, 0.3) is 0 Å². The van der Waals surface area contributed by atoms with Gasteiger partial charge in [-0.15, -0.1) is 0 Å². The molecule has 0 amide bonds. The van der Waals surface area contributed by atoms with Gasteiger partial charge in [-0.3, -0.25) is 0 Å². The van der Waals surface area contributed by atoms with Crippen molar-refractivity contribution in [2.24, 2.45) is 5.41 Å². The maximum Gasteiger partial charge on any atom is 0.00967 e. The Kier molecular flexibility index (Phi) is 8.08. The van der Waals surface area contributed by atoms with E-state index in [0.29, 0.717) is 11.5 Å². The van der Waals surface area contributed by atoms with E-state index in [1.807, 2.05) is 11.8 Å². The minimum absolute atomic E-state index is 0.230. The fourth-order valence-electron chi connectivity index (χ4n) is 3.34. The lowest BCUT2D eigenvalue weighted by Crippen LogP contribution is -2.50. The number of nitrogens with zero attached hydrogens (tertiary/aromatic N) is 1. The van der Waals surface area contributed by atoms with Crippen molar-refractivity contribution in [2.45, 2.75) is 77.8 Å². The van der Waals surface area contributed by atoms with Crippen LogP contribution < -0.4 is 5.32 Å². The number of hydrogen-bond acceptors (Lipinski definition) is 3. The zero-order valence-corrected chi connectivity index (χ0v) is 16.1. The van der Waals surface area contributed by atoms with Crippen LogP contribution in [0.15, 0.2) is 0 Å². The second-order valence-electron chi connectivity index (χ2n) is 8.21. The van der Waals surface area contributed by atoms with E-state index in [-0.39, 0.29) is 5.54 Å². The van der Waals surface area contributed by atoms with E-state index in [2.05, 4.69) is 51.2 Å². The van der Waals surface area contributed by atoms with Gasteiger partial charge in [0.2, 0.25) is 0 Å². The lowest BCUT2D eigenvalue weighted by molar-refractivity contribution is 0.0894. The van der Waals surface area contributed by atoms with Gasteiger partial charge in [0, 0.05) is 24.7 Å². The third-order valence-electron chi connectivity index (χ3n) is 4.98. The molecule has 0 bridgehead atoms. The van der Waals surface area contributed by atoms with Crippen molar-refractivity contribution in [2.75, 3.05) is 32.1 Å². The Morgan fingerprint density at radius 2 is 1.81 bits per heavy atom. The molecule has 0 heterocycles. The molecule has 126 valence electrons. The first-order valence-corrected chi connectivity index (χ1v) is 10.1. The molecule has 1 aliphatic carbocycles. The molecule has 0 aromatic heterocycles. The van der Waals surface area contributed by atoms with E-state index in [4.69, 9.17) is 0 Å². The van der Waals surface area contributed by atoms with Gasteiger partial charge in [0.15, 0.2) is 0 Å². The first-order chi connectivity index (χ1) is 9.78. The van der Waals surface area contributed by atoms with Crippen LogP contribution in [0, 0.1) is 5.41 Å². The molecule has 1 N–H and O–H groups in total. The molecule has 0 aromatic rings. The van der Waals surface area contributed by atoms with Crippen LogP contribution >= 0.6 is 11.8 Å². The summed E-state index contributed by atoms with van der Waals surface area (Å²) >= 11 is 1.97. The second kappa shape index (κ2) is 8.79. The zero-order valence-electron chi connectivity index (χ0n) is 15.3. The van der Waals surface area contributed by atoms with Gasteiger partial charge in [-0.25, -0.2) is 0 Å². The maximum atomic E-state index is 3.79. The molecule has 1 aliphatic rings. The summed E-state index contributed by atoms with van der Waals surface area (Å²) in [5.74, 6) is 1.28. The lowest BCUT2D eigenvalue weighted by Gasteiger charge is -2.43. The van der Waals surface area contributed by atoms with Crippen molar-refractivity contribution >= 4 is 11.8 Å². The van der Waals surface area contributed by atoms with Gasteiger partial charge in [-0.05, 0) is 71.4 Å². The molecule has 1 atom stereocenters. The van der Waals surface area contributed by atoms with Crippen molar-refractivity contribution < 1.29 is 0 Å². The van der Waals surface area contributed by atoms with Gasteiger partial charge in [0.1, 0.15) is 0 Å². The van der Waals surface area contributed by atoms with Crippen LogP contribution in [0.5, 0.6) is 0 Å². The van der Waals surface area contributed by atoms with E-state index in [1.165, 1.54) is 57.4 Å². The highest BCUT2D eigenvalue weighted by molar-refractivity contribution is 7.98. The fourth-order valence-corrected chi connectivity index (χ4v) is 3.92. The standard InChI is InChI=1S/C18H38N2S/c1-16(10-13-21-6)20(5)15-18(11-8-7-9-12-18)14-19-17(2,3)4/h16,19H,7-15H2,1-6H3. The Balaban J connectivity index is 2.60. The normalized spacial score (nSPS) is 20.7. The molecular weight excluding hydrogens is 276 g/mol. The van der Waals surface area contributed by atoms with Crippen molar-refractivity contribution in [3.05, 3.63) is 0 Å². The largest absolute Gasteiger partial charge is 0.311 e. The maximum absolute atomic E-state index is 3.79. The van der Waals surface area contributed by atoms with Crippen molar-refractivity contribution in [3.8, 4) is 0 Å². The van der Waals surface area contributed by atoms with Gasteiger partial charge in [0.05, 0.1) is 0 Å². The first kappa shape index (κ1) is 19.3. The summed E-state index contributed by atoms with van der Waals surface area (Å²) in [6.45, 7) is 11.7. The van der Waals surface area contributed by atoms with E-state index in [9.17, 15) is 0 Å². The molecule has 0 radical (unpaired) electrons. The van der Waals surface area contributed by atoms with Crippen LogP contribution in [0.3, 0.4) is 0 Å². The molecule has 0 spiro atoms. The smallest absolute Gasteiger partial charge is 0.00967 e. The first-order valence-electron chi connectivity index (χ1n) is 8.72. The predicted molar refractivity (Wildman–Crippen MR) is 98.4 cm³/mol. The minimum Gasteiger partial charge on any atom is -0.311 e. The van der Waals surface area contributed by atoms with Crippen LogP contribution in [-0.4, -0.2) is 48.6 Å². The molecule has 1 unspecified atom stereocenters. The van der Waals surface area contributed by atoms with E-state index in [0.717, 1.165) is 0 Å². The summed E-state index contributed by atoms with van der Waals surface area (Å²) in [4.78, 5) is 2.62. The van der Waals surface area contributed by atoms with Crippen LogP contribution in [-0.2, 0) is 0 Å². The molecule has 0 aliphatic heterocycles. The lowest BCUT2D eigenvalue weighted by atomic mass is 9.73. The fraction of sp³-hybridized carbons (Fsp3) is 1.00. The van der Waals surface area contributed by atoms with E-state index in [1.54, 1.807) is 0 Å². The summed E-state index contributed by atoms with van der Waals surface area (Å²) in [7, 11) is 2.33. The highest BCUT2D eigenvalue weighted by Crippen LogP contribution is 2.37. The van der Waals surface area contributed by atoms with E-state index >= 15 is 0 Å². The Bertz CT molecular complexity index is 279. The molecule has 1 rings (SSSR count). The number of thioether (sulfide) groups is 1. The van der Waals surface area contributed by atoms with Crippen LogP contribution in [0.2, 0.25) is 0 Å². The monoisotopic (exact) mass is 314 g/mol. The molecule has 21 heavy (non-hydrogen) atoms. The molecule has 0 saturated heterocycles. The third-order valence-corrected chi connectivity index (χ3v) is 5.63. The average Bonchev–Trinajstić information content (AvgIpc) is 2.43. The average molecular weight is 315 g/mol. The summed E-state index contributed by atoms with van der Waals surface area (Å²) in [5.41, 5.74) is 0.724. The van der Waals surface area contributed by atoms with Crippen molar-refractivity contribution in [3.63, 3.8) is 0 Å². The quantitative estimate of drug-likeness (QED) is 0.715. The molecular formula is C18H38N2S. The molecule has 1 saturated carbocycles. The van der Waals surface area contributed by atoms with Crippen molar-refractivity contribution in [1.29, 1.82) is 0 Å². The number of hydrogen-bond donors (Lipinski definition) is 1. The summed E-state index contributed by atoms with van der Waals surface area (Å²) in [5, 5.41) is 3.79. The predicted octanol–water partition coefficient (Wildman–Crippen LogP) is 4.40. The Morgan fingerprint density at radius 3 is 2.33 bits per heavy atom. The summed E-state index contributed by atoms with van der Waals surface area (Å²) in [6.07, 6.45) is 10.6. The second-order valence-corrected chi connectivity index (χ2v) is 9.20. The molecule has 1 fully saturated rings. The molecule has 2 nitrogen and oxygen atoms in total. The van der Waals surface area contributed by atoms with Crippen LogP contribution in [0.4, 0.5) is 0 Å². The molecule has 3 heteroatoms. The zero-order chi connectivity index (χ0) is 15.9. The molecule has 0 aromatic carbocycles. The van der Waals surface area contributed by atoms with Gasteiger partial charge in [-0.1, -0.05) is 19.3 Å². The Morgan fingerprint density at radius 1 is 1.19 bits per heavy atom. The number of nitrogens with one attached hydrogen (secondary N) is 1. The highest BCUT2D eigenvalue weighted by Gasteiger charge is 2.34. The number of rotatable bonds is 8. The minimum atomic E-state index is 0.230. The van der Waals surface area contributed by atoms with Gasteiger partial charge >= 0.3 is 0 Å². The van der Waals surface area contributed by atoms with Crippen LogP contribution in [0.25, 0.3) is 0 Å². The van der Waals surface area contributed by atoms with Crippen molar-refractivity contribution in [1.82, 2.24) is 10.2 Å². The van der Waals surface area contributed by atoms with E-state index < -0.39 is 0 Å². The van der Waals surface area contributed by atoms with Gasteiger partial charge < -0.3 is 10.2 Å². The highest BCUT2D eigenvalue weighted by atomic mass is 32.2. The summed E-state index contributed by atoms with van der Waals surface area (Å²) < 4.78 is 0.